The van der Waals surface area contributed by atoms with Crippen LogP contribution in [0.1, 0.15) is 20.7 Å². The molecule has 7 heteroatoms. The standard InChI is InChI=1S/C17H15N5O2/c1-21-16(24)13-10-12(20-15(23)11-4-6-18-7-5-11)2-3-14(13)22-9-8-19-17(21)22/h2-7,10H,8-9H2,1H3,(H,20,23). The van der Waals surface area contributed by atoms with Crippen LogP contribution in [0.4, 0.5) is 11.4 Å². The van der Waals surface area contributed by atoms with Crippen LogP contribution in [0.3, 0.4) is 0 Å². The lowest BCUT2D eigenvalue weighted by Gasteiger charge is -2.33. The summed E-state index contributed by atoms with van der Waals surface area (Å²) in [4.78, 5) is 36.6. The number of benzene rings is 1. The largest absolute Gasteiger partial charge is 0.322 e. The maximum Gasteiger partial charge on any atom is 0.262 e. The molecule has 0 bridgehead atoms. The summed E-state index contributed by atoms with van der Waals surface area (Å²) < 4.78 is 0. The molecule has 2 amide bonds. The average Bonchev–Trinajstić information content (AvgIpc) is 3.10. The molecule has 24 heavy (non-hydrogen) atoms. The monoisotopic (exact) mass is 321 g/mol. The van der Waals surface area contributed by atoms with Gasteiger partial charge in [0.05, 0.1) is 17.8 Å². The van der Waals surface area contributed by atoms with Gasteiger partial charge in [-0.1, -0.05) is 0 Å². The van der Waals surface area contributed by atoms with Crippen molar-refractivity contribution in [3.05, 3.63) is 53.9 Å². The highest BCUT2D eigenvalue weighted by molar-refractivity contribution is 6.19. The van der Waals surface area contributed by atoms with E-state index in [1.807, 2.05) is 11.0 Å². The summed E-state index contributed by atoms with van der Waals surface area (Å²) in [5, 5.41) is 2.82. The molecular formula is C17H15N5O2. The maximum absolute atomic E-state index is 12.6. The maximum atomic E-state index is 12.6. The lowest BCUT2D eigenvalue weighted by Crippen LogP contribution is -2.48. The Labute approximate surface area is 138 Å². The smallest absolute Gasteiger partial charge is 0.262 e. The molecule has 2 aromatic rings. The molecule has 2 aliphatic rings. The van der Waals surface area contributed by atoms with Gasteiger partial charge in [-0.15, -0.1) is 0 Å². The van der Waals surface area contributed by atoms with Gasteiger partial charge < -0.3 is 10.2 Å². The third-order valence-electron chi connectivity index (χ3n) is 4.14. The highest BCUT2D eigenvalue weighted by Crippen LogP contribution is 2.32. The molecule has 1 aromatic heterocycles. The van der Waals surface area contributed by atoms with Crippen molar-refractivity contribution in [2.45, 2.75) is 0 Å². The van der Waals surface area contributed by atoms with E-state index in [-0.39, 0.29) is 11.8 Å². The summed E-state index contributed by atoms with van der Waals surface area (Å²) >= 11 is 0. The molecule has 0 radical (unpaired) electrons. The Hall–Kier alpha value is -3.22. The Kier molecular flexibility index (Phi) is 3.26. The minimum atomic E-state index is -0.239. The van der Waals surface area contributed by atoms with Crippen LogP contribution in [0, 0.1) is 0 Å². The first-order valence-corrected chi connectivity index (χ1v) is 7.60. The fraction of sp³-hybridized carbons (Fsp3) is 0.176. The number of carbonyl (C=O) groups is 2. The molecule has 0 unspecified atom stereocenters. The summed E-state index contributed by atoms with van der Waals surface area (Å²) in [6, 6.07) is 8.64. The molecule has 0 saturated carbocycles. The number of amides is 2. The van der Waals surface area contributed by atoms with E-state index in [4.69, 9.17) is 0 Å². The van der Waals surface area contributed by atoms with Gasteiger partial charge in [-0.25, -0.2) is 0 Å². The predicted octanol–water partition coefficient (Wildman–Crippen LogP) is 1.60. The van der Waals surface area contributed by atoms with Gasteiger partial charge in [0.1, 0.15) is 0 Å². The van der Waals surface area contributed by atoms with Crippen molar-refractivity contribution in [3.63, 3.8) is 0 Å². The predicted molar refractivity (Wildman–Crippen MR) is 90.4 cm³/mol. The van der Waals surface area contributed by atoms with Gasteiger partial charge in [0, 0.05) is 37.2 Å². The second-order valence-electron chi connectivity index (χ2n) is 5.62. The molecule has 0 fully saturated rings. The van der Waals surface area contributed by atoms with E-state index in [2.05, 4.69) is 15.3 Å². The van der Waals surface area contributed by atoms with Gasteiger partial charge >= 0.3 is 0 Å². The highest BCUT2D eigenvalue weighted by atomic mass is 16.2. The quantitative estimate of drug-likeness (QED) is 0.911. The van der Waals surface area contributed by atoms with E-state index >= 15 is 0 Å². The molecule has 1 aromatic carbocycles. The number of rotatable bonds is 2. The molecule has 4 rings (SSSR count). The van der Waals surface area contributed by atoms with Crippen LogP contribution >= 0.6 is 0 Å². The van der Waals surface area contributed by atoms with E-state index in [1.54, 1.807) is 48.6 Å². The van der Waals surface area contributed by atoms with Crippen molar-refractivity contribution >= 4 is 29.1 Å². The number of nitrogens with zero attached hydrogens (tertiary/aromatic N) is 4. The molecular weight excluding hydrogens is 306 g/mol. The fourth-order valence-electron chi connectivity index (χ4n) is 2.95. The summed E-state index contributed by atoms with van der Waals surface area (Å²) in [5.41, 5.74) is 2.49. The molecule has 0 atom stereocenters. The normalized spacial score (nSPS) is 15.7. The number of aliphatic imine (C=N–C) groups is 1. The molecule has 3 heterocycles. The zero-order valence-electron chi connectivity index (χ0n) is 13.1. The van der Waals surface area contributed by atoms with Gasteiger partial charge in [-0.05, 0) is 30.3 Å². The first-order chi connectivity index (χ1) is 11.6. The molecule has 0 saturated heterocycles. The number of aromatic nitrogens is 1. The van der Waals surface area contributed by atoms with Crippen LogP contribution in [0.25, 0.3) is 0 Å². The molecule has 0 spiro atoms. The van der Waals surface area contributed by atoms with E-state index in [0.29, 0.717) is 29.3 Å². The molecule has 120 valence electrons. The van der Waals surface area contributed by atoms with Gasteiger partial charge in [0.2, 0.25) is 5.96 Å². The van der Waals surface area contributed by atoms with Gasteiger partial charge in [0.25, 0.3) is 11.8 Å². The van der Waals surface area contributed by atoms with Crippen molar-refractivity contribution in [2.75, 3.05) is 30.4 Å². The van der Waals surface area contributed by atoms with Crippen LogP contribution in [-0.4, -0.2) is 47.8 Å². The Bertz CT molecular complexity index is 863. The summed E-state index contributed by atoms with van der Waals surface area (Å²) in [6.45, 7) is 1.43. The highest BCUT2D eigenvalue weighted by Gasteiger charge is 2.35. The lowest BCUT2D eigenvalue weighted by molar-refractivity contribution is 0.0865. The van der Waals surface area contributed by atoms with Crippen LogP contribution in [0.5, 0.6) is 0 Å². The van der Waals surface area contributed by atoms with Crippen molar-refractivity contribution in [1.29, 1.82) is 0 Å². The van der Waals surface area contributed by atoms with Crippen LogP contribution < -0.4 is 10.2 Å². The number of carbonyl (C=O) groups excluding carboxylic acids is 2. The van der Waals surface area contributed by atoms with Crippen molar-refractivity contribution in [2.24, 2.45) is 4.99 Å². The van der Waals surface area contributed by atoms with Gasteiger partial charge in [-0.3, -0.25) is 24.5 Å². The van der Waals surface area contributed by atoms with E-state index in [1.165, 1.54) is 0 Å². The number of nitrogens with one attached hydrogen (secondary N) is 1. The third-order valence-corrected chi connectivity index (χ3v) is 4.14. The Balaban J connectivity index is 1.66. The first-order valence-electron chi connectivity index (χ1n) is 7.60. The number of anilines is 2. The van der Waals surface area contributed by atoms with Crippen LogP contribution in [-0.2, 0) is 0 Å². The topological polar surface area (TPSA) is 77.9 Å². The summed E-state index contributed by atoms with van der Waals surface area (Å²) in [6.07, 6.45) is 3.13. The Morgan fingerprint density at radius 2 is 2.00 bits per heavy atom. The van der Waals surface area contributed by atoms with Crippen molar-refractivity contribution < 1.29 is 9.59 Å². The van der Waals surface area contributed by atoms with Gasteiger partial charge in [0.15, 0.2) is 0 Å². The SMILES string of the molecule is CN1C(=O)c2cc(NC(=O)c3ccncc3)ccc2N2CCN=C12. The summed E-state index contributed by atoms with van der Waals surface area (Å²) in [7, 11) is 1.71. The van der Waals surface area contributed by atoms with E-state index in [9.17, 15) is 9.59 Å². The minimum Gasteiger partial charge on any atom is -0.322 e. The number of pyridine rings is 1. The van der Waals surface area contributed by atoms with E-state index < -0.39 is 0 Å². The second kappa shape index (κ2) is 5.45. The number of hydrogen-bond donors (Lipinski definition) is 1. The minimum absolute atomic E-state index is 0.123. The van der Waals surface area contributed by atoms with Crippen LogP contribution in [0.15, 0.2) is 47.7 Å². The molecule has 7 nitrogen and oxygen atoms in total. The Morgan fingerprint density at radius 3 is 2.79 bits per heavy atom. The summed E-state index contributed by atoms with van der Waals surface area (Å²) in [5.74, 6) is 0.320. The fourth-order valence-corrected chi connectivity index (χ4v) is 2.95. The number of hydrogen-bond acceptors (Lipinski definition) is 5. The third kappa shape index (κ3) is 2.21. The first kappa shape index (κ1) is 14.4. The zero-order valence-corrected chi connectivity index (χ0v) is 13.1. The average molecular weight is 321 g/mol. The number of fused-ring (bicyclic) bond motifs is 3. The number of guanidine groups is 1. The Morgan fingerprint density at radius 1 is 1.21 bits per heavy atom. The molecule has 2 aliphatic heterocycles. The van der Waals surface area contributed by atoms with Crippen LogP contribution in [0.2, 0.25) is 0 Å². The molecule has 0 aliphatic carbocycles. The van der Waals surface area contributed by atoms with Gasteiger partial charge in [-0.2, -0.15) is 0 Å². The van der Waals surface area contributed by atoms with Crippen molar-refractivity contribution in [3.8, 4) is 0 Å². The lowest BCUT2D eigenvalue weighted by atomic mass is 10.1. The van der Waals surface area contributed by atoms with Crippen molar-refractivity contribution in [1.82, 2.24) is 9.88 Å². The zero-order chi connectivity index (χ0) is 16.7. The second-order valence-corrected chi connectivity index (χ2v) is 5.62. The molecule has 1 N–H and O–H groups in total. The van der Waals surface area contributed by atoms with E-state index in [0.717, 1.165) is 12.2 Å².